The SMILES string of the molecule is CCOC(=O)CCc1nc2ccc(Cl)cc2c(=O)[nH]1. The summed E-state index contributed by atoms with van der Waals surface area (Å²) in [5, 5.41) is 0.923. The van der Waals surface area contributed by atoms with Gasteiger partial charge in [0.25, 0.3) is 5.56 Å². The highest BCUT2D eigenvalue weighted by molar-refractivity contribution is 6.31. The highest BCUT2D eigenvalue weighted by atomic mass is 35.5. The van der Waals surface area contributed by atoms with Gasteiger partial charge in [-0.25, -0.2) is 4.98 Å². The van der Waals surface area contributed by atoms with Crippen molar-refractivity contribution in [2.75, 3.05) is 6.61 Å². The van der Waals surface area contributed by atoms with E-state index in [2.05, 4.69) is 9.97 Å². The maximum absolute atomic E-state index is 11.9. The summed E-state index contributed by atoms with van der Waals surface area (Å²) in [6, 6.07) is 4.92. The number of benzene rings is 1. The van der Waals surface area contributed by atoms with E-state index in [1.165, 1.54) is 0 Å². The summed E-state index contributed by atoms with van der Waals surface area (Å²) in [7, 11) is 0. The topological polar surface area (TPSA) is 72.0 Å². The zero-order valence-corrected chi connectivity index (χ0v) is 11.2. The molecule has 0 aliphatic rings. The molecule has 0 amide bonds. The molecule has 1 N–H and O–H groups in total. The third-order valence-electron chi connectivity index (χ3n) is 2.59. The molecular formula is C13H13ClN2O3. The van der Waals surface area contributed by atoms with Gasteiger partial charge in [-0.1, -0.05) is 11.6 Å². The summed E-state index contributed by atoms with van der Waals surface area (Å²) in [5.74, 6) is 0.161. The van der Waals surface area contributed by atoms with Crippen LogP contribution in [0, 0.1) is 0 Å². The van der Waals surface area contributed by atoms with Gasteiger partial charge in [-0.3, -0.25) is 9.59 Å². The highest BCUT2D eigenvalue weighted by Crippen LogP contribution is 2.14. The van der Waals surface area contributed by atoms with Crippen LogP contribution in [0.15, 0.2) is 23.0 Å². The number of aromatic nitrogens is 2. The van der Waals surface area contributed by atoms with E-state index >= 15 is 0 Å². The van der Waals surface area contributed by atoms with Gasteiger partial charge in [0.05, 0.1) is 23.9 Å². The fourth-order valence-corrected chi connectivity index (χ4v) is 1.90. The molecule has 2 rings (SSSR count). The van der Waals surface area contributed by atoms with Gasteiger partial charge in [0.1, 0.15) is 5.82 Å². The van der Waals surface area contributed by atoms with Gasteiger partial charge in [0, 0.05) is 11.4 Å². The quantitative estimate of drug-likeness (QED) is 0.870. The largest absolute Gasteiger partial charge is 0.466 e. The van der Waals surface area contributed by atoms with Gasteiger partial charge in [-0.2, -0.15) is 0 Å². The van der Waals surface area contributed by atoms with E-state index < -0.39 is 0 Å². The molecule has 0 saturated heterocycles. The Kier molecular flexibility index (Phi) is 4.16. The van der Waals surface area contributed by atoms with E-state index in [0.717, 1.165) is 0 Å². The van der Waals surface area contributed by atoms with E-state index in [9.17, 15) is 9.59 Å². The number of ether oxygens (including phenoxy) is 1. The second kappa shape index (κ2) is 5.84. The summed E-state index contributed by atoms with van der Waals surface area (Å²) in [4.78, 5) is 30.0. The molecule has 1 heterocycles. The number of H-pyrrole nitrogens is 1. The number of nitrogens with one attached hydrogen (secondary N) is 1. The van der Waals surface area contributed by atoms with Crippen LogP contribution in [-0.4, -0.2) is 22.5 Å². The van der Waals surface area contributed by atoms with Crippen molar-refractivity contribution in [1.82, 2.24) is 9.97 Å². The maximum atomic E-state index is 11.9. The van der Waals surface area contributed by atoms with Crippen molar-refractivity contribution in [2.45, 2.75) is 19.8 Å². The van der Waals surface area contributed by atoms with Gasteiger partial charge in [0.2, 0.25) is 0 Å². The van der Waals surface area contributed by atoms with Crippen LogP contribution < -0.4 is 5.56 Å². The zero-order valence-electron chi connectivity index (χ0n) is 10.4. The number of carbonyl (C=O) groups is 1. The predicted molar refractivity (Wildman–Crippen MR) is 72.3 cm³/mol. The predicted octanol–water partition coefficient (Wildman–Crippen LogP) is 2.07. The highest BCUT2D eigenvalue weighted by Gasteiger charge is 2.07. The fraction of sp³-hybridized carbons (Fsp3) is 0.308. The monoisotopic (exact) mass is 280 g/mol. The van der Waals surface area contributed by atoms with Gasteiger partial charge in [-0.15, -0.1) is 0 Å². The van der Waals surface area contributed by atoms with Gasteiger partial charge in [0.15, 0.2) is 0 Å². The number of aryl methyl sites for hydroxylation is 1. The average molecular weight is 281 g/mol. The first-order valence-electron chi connectivity index (χ1n) is 5.94. The van der Waals surface area contributed by atoms with E-state index in [0.29, 0.717) is 34.8 Å². The van der Waals surface area contributed by atoms with Crippen LogP contribution in [0.2, 0.25) is 5.02 Å². The molecule has 1 aromatic carbocycles. The van der Waals surface area contributed by atoms with Crippen LogP contribution >= 0.6 is 11.6 Å². The normalized spacial score (nSPS) is 10.6. The minimum Gasteiger partial charge on any atom is -0.466 e. The van der Waals surface area contributed by atoms with E-state index in [1.54, 1.807) is 25.1 Å². The number of rotatable bonds is 4. The Morgan fingerprint density at radius 3 is 3.00 bits per heavy atom. The number of carbonyl (C=O) groups excluding carboxylic acids is 1. The Balaban J connectivity index is 2.24. The van der Waals surface area contributed by atoms with Crippen molar-refractivity contribution in [3.63, 3.8) is 0 Å². The minimum absolute atomic E-state index is 0.190. The molecule has 0 fully saturated rings. The second-order valence-electron chi connectivity index (χ2n) is 3.98. The Morgan fingerprint density at radius 1 is 1.47 bits per heavy atom. The lowest BCUT2D eigenvalue weighted by Gasteiger charge is -2.03. The van der Waals surface area contributed by atoms with Crippen molar-refractivity contribution in [3.05, 3.63) is 39.4 Å². The summed E-state index contributed by atoms with van der Waals surface area (Å²) >= 11 is 5.83. The molecule has 0 aliphatic heterocycles. The van der Waals surface area contributed by atoms with Gasteiger partial charge >= 0.3 is 5.97 Å². The smallest absolute Gasteiger partial charge is 0.306 e. The summed E-state index contributed by atoms with van der Waals surface area (Å²) in [5.41, 5.74) is 0.304. The van der Waals surface area contributed by atoms with E-state index in [-0.39, 0.29) is 17.9 Å². The third kappa shape index (κ3) is 3.32. The summed E-state index contributed by atoms with van der Waals surface area (Å²) < 4.78 is 4.82. The lowest BCUT2D eigenvalue weighted by molar-refractivity contribution is -0.143. The molecular weight excluding hydrogens is 268 g/mol. The molecule has 0 saturated carbocycles. The van der Waals surface area contributed by atoms with Crippen molar-refractivity contribution in [2.24, 2.45) is 0 Å². The zero-order chi connectivity index (χ0) is 13.8. The first kappa shape index (κ1) is 13.5. The number of esters is 1. The van der Waals surface area contributed by atoms with Crippen LogP contribution in [0.5, 0.6) is 0 Å². The number of hydrogen-bond donors (Lipinski definition) is 1. The molecule has 0 spiro atoms. The fourth-order valence-electron chi connectivity index (χ4n) is 1.73. The van der Waals surface area contributed by atoms with E-state index in [1.807, 2.05) is 0 Å². The van der Waals surface area contributed by atoms with Crippen LogP contribution in [0.4, 0.5) is 0 Å². The van der Waals surface area contributed by atoms with Crippen molar-refractivity contribution < 1.29 is 9.53 Å². The molecule has 0 radical (unpaired) electrons. The third-order valence-corrected chi connectivity index (χ3v) is 2.82. The average Bonchev–Trinajstić information content (AvgIpc) is 2.38. The molecule has 0 atom stereocenters. The summed E-state index contributed by atoms with van der Waals surface area (Å²) in [6.45, 7) is 2.09. The standard InChI is InChI=1S/C13H13ClN2O3/c1-2-19-12(17)6-5-11-15-10-4-3-8(14)7-9(10)13(18)16-11/h3-4,7H,2,5-6H2,1H3,(H,15,16,18). The number of fused-ring (bicyclic) bond motifs is 1. The second-order valence-corrected chi connectivity index (χ2v) is 4.42. The molecule has 0 aliphatic carbocycles. The van der Waals surface area contributed by atoms with Crippen LogP contribution in [0.3, 0.4) is 0 Å². The molecule has 0 unspecified atom stereocenters. The lowest BCUT2D eigenvalue weighted by atomic mass is 10.2. The van der Waals surface area contributed by atoms with E-state index in [4.69, 9.17) is 16.3 Å². The Morgan fingerprint density at radius 2 is 2.26 bits per heavy atom. The van der Waals surface area contributed by atoms with Gasteiger partial charge in [-0.05, 0) is 25.1 Å². The molecule has 6 heteroatoms. The van der Waals surface area contributed by atoms with Crippen LogP contribution in [-0.2, 0) is 16.0 Å². The Hall–Kier alpha value is -1.88. The van der Waals surface area contributed by atoms with Crippen molar-refractivity contribution in [3.8, 4) is 0 Å². The van der Waals surface area contributed by atoms with Gasteiger partial charge < -0.3 is 9.72 Å². The first-order chi connectivity index (χ1) is 9.10. The number of halogens is 1. The number of nitrogens with zero attached hydrogens (tertiary/aromatic N) is 1. The molecule has 0 bridgehead atoms. The summed E-state index contributed by atoms with van der Waals surface area (Å²) in [6.07, 6.45) is 0.530. The molecule has 5 nitrogen and oxygen atoms in total. The molecule has 1 aromatic heterocycles. The number of hydrogen-bond acceptors (Lipinski definition) is 4. The maximum Gasteiger partial charge on any atom is 0.306 e. The first-order valence-corrected chi connectivity index (χ1v) is 6.32. The van der Waals surface area contributed by atoms with Crippen LogP contribution in [0.25, 0.3) is 10.9 Å². The Bertz CT molecular complexity index is 666. The van der Waals surface area contributed by atoms with Crippen molar-refractivity contribution in [1.29, 1.82) is 0 Å². The van der Waals surface area contributed by atoms with Crippen molar-refractivity contribution >= 4 is 28.5 Å². The number of aromatic amines is 1. The lowest BCUT2D eigenvalue weighted by Crippen LogP contribution is -2.14. The van der Waals surface area contributed by atoms with Crippen LogP contribution in [0.1, 0.15) is 19.2 Å². The minimum atomic E-state index is -0.304. The molecule has 2 aromatic rings. The Labute approximate surface area is 114 Å². The molecule has 19 heavy (non-hydrogen) atoms. The molecule has 100 valence electrons.